The maximum absolute atomic E-state index is 14.0. The maximum atomic E-state index is 14.0. The number of methoxy groups -OCH3 is 1. The summed E-state index contributed by atoms with van der Waals surface area (Å²) in [5.74, 6) is 0. The zero-order valence-corrected chi connectivity index (χ0v) is 13.7. The molecule has 2 atom stereocenters. The fourth-order valence-electron chi connectivity index (χ4n) is 2.36. The van der Waals surface area contributed by atoms with Gasteiger partial charge in [-0.2, -0.15) is 44.8 Å². The minimum Gasteiger partial charge on any atom is -0.388 e. The summed E-state index contributed by atoms with van der Waals surface area (Å²) < 4.78 is 133. The second-order valence-electron chi connectivity index (χ2n) is 5.64. The number of benzene rings is 1. The van der Waals surface area contributed by atoms with Gasteiger partial charge in [0.2, 0.25) is 0 Å². The van der Waals surface area contributed by atoms with Gasteiger partial charge in [-0.15, -0.1) is 0 Å². The Morgan fingerprint density at radius 1 is 0.964 bits per heavy atom. The van der Waals surface area contributed by atoms with Crippen LogP contribution in [0.1, 0.15) is 29.2 Å². The van der Waals surface area contributed by atoms with Crippen molar-refractivity contribution in [2.75, 3.05) is 7.11 Å². The molecule has 0 saturated heterocycles. The van der Waals surface area contributed by atoms with E-state index in [-0.39, 0.29) is 6.07 Å². The summed E-state index contributed by atoms with van der Waals surface area (Å²) in [4.78, 5) is 0. The first-order valence-corrected chi connectivity index (χ1v) is 7.14. The Labute approximate surface area is 151 Å². The third-order valence-electron chi connectivity index (χ3n) is 3.79. The molecule has 0 saturated carbocycles. The lowest BCUT2D eigenvalue weighted by atomic mass is 9.89. The van der Waals surface area contributed by atoms with E-state index in [0.29, 0.717) is 19.2 Å². The summed E-state index contributed by atoms with van der Waals surface area (Å²) in [6.07, 6.45) is -25.5. The molecule has 0 fully saturated rings. The van der Waals surface area contributed by atoms with Gasteiger partial charge in [0.1, 0.15) is 6.10 Å². The number of aliphatic hydroxyl groups is 1. The first-order chi connectivity index (χ1) is 12.5. The highest BCUT2D eigenvalue weighted by Gasteiger charge is 2.76. The van der Waals surface area contributed by atoms with Crippen molar-refractivity contribution in [1.29, 1.82) is 5.26 Å². The van der Waals surface area contributed by atoms with E-state index >= 15 is 0 Å². The molecule has 13 heteroatoms. The molecule has 158 valence electrons. The monoisotopic (exact) mass is 427 g/mol. The number of alkyl halides is 10. The van der Waals surface area contributed by atoms with Crippen molar-refractivity contribution in [1.82, 2.24) is 0 Å². The van der Waals surface area contributed by atoms with Crippen LogP contribution in [0.15, 0.2) is 18.2 Å². The lowest BCUT2D eigenvalue weighted by Gasteiger charge is -2.36. The molecule has 0 amide bonds. The van der Waals surface area contributed by atoms with E-state index in [0.717, 1.165) is 0 Å². The van der Waals surface area contributed by atoms with Crippen molar-refractivity contribution in [2.45, 2.75) is 42.8 Å². The largest absolute Gasteiger partial charge is 0.434 e. The fourth-order valence-corrected chi connectivity index (χ4v) is 2.36. The van der Waals surface area contributed by atoms with E-state index in [1.165, 1.54) is 6.07 Å². The van der Waals surface area contributed by atoms with Crippen LogP contribution in [0.3, 0.4) is 0 Å². The summed E-state index contributed by atoms with van der Waals surface area (Å²) in [6.45, 7) is 0. The number of halogens is 10. The normalized spacial score (nSPS) is 15.8. The van der Waals surface area contributed by atoms with Crippen molar-refractivity contribution >= 4 is 0 Å². The fraction of sp³-hybridized carbons (Fsp3) is 0.533. The summed E-state index contributed by atoms with van der Waals surface area (Å²) >= 11 is 0. The predicted octanol–water partition coefficient (Wildman–Crippen LogP) is 4.85. The SMILES string of the molecule is COC(CC(O)c1cc(C#N)cc(C(F)(F)F)c1)C(F)(C(F)(F)F)C(F)(F)F. The number of nitriles is 1. The van der Waals surface area contributed by atoms with Crippen LogP contribution >= 0.6 is 0 Å². The van der Waals surface area contributed by atoms with Gasteiger partial charge in [0.05, 0.1) is 23.3 Å². The average Bonchev–Trinajstić information content (AvgIpc) is 2.55. The van der Waals surface area contributed by atoms with Crippen molar-refractivity contribution in [3.63, 3.8) is 0 Å². The molecule has 0 radical (unpaired) electrons. The lowest BCUT2D eigenvalue weighted by molar-refractivity contribution is -0.368. The number of hydrogen-bond acceptors (Lipinski definition) is 3. The molecular weight excluding hydrogens is 416 g/mol. The minimum atomic E-state index is -6.49. The second-order valence-corrected chi connectivity index (χ2v) is 5.64. The molecule has 0 spiro atoms. The summed E-state index contributed by atoms with van der Waals surface area (Å²) in [5.41, 5.74) is -8.88. The molecule has 1 rings (SSSR count). The van der Waals surface area contributed by atoms with Crippen LogP contribution in [-0.2, 0) is 10.9 Å². The Kier molecular flexibility index (Phi) is 6.63. The number of hydrogen-bond donors (Lipinski definition) is 1. The van der Waals surface area contributed by atoms with Crippen LogP contribution in [-0.4, -0.2) is 36.3 Å². The second kappa shape index (κ2) is 7.75. The third kappa shape index (κ3) is 4.67. The summed E-state index contributed by atoms with van der Waals surface area (Å²) in [7, 11) is 0.316. The minimum absolute atomic E-state index is 0.222. The van der Waals surface area contributed by atoms with Crippen LogP contribution in [0, 0.1) is 11.3 Å². The lowest BCUT2D eigenvalue weighted by Crippen LogP contribution is -2.61. The molecule has 0 aliphatic rings. The van der Waals surface area contributed by atoms with Gasteiger partial charge >= 0.3 is 24.2 Å². The molecule has 28 heavy (non-hydrogen) atoms. The number of aliphatic hydroxyl groups excluding tert-OH is 1. The van der Waals surface area contributed by atoms with Gasteiger partial charge in [-0.3, -0.25) is 0 Å². The van der Waals surface area contributed by atoms with Gasteiger partial charge in [0.25, 0.3) is 0 Å². The van der Waals surface area contributed by atoms with Crippen molar-refractivity contribution < 1.29 is 53.7 Å². The first kappa shape index (κ1) is 24.0. The van der Waals surface area contributed by atoms with Gasteiger partial charge < -0.3 is 9.84 Å². The highest BCUT2D eigenvalue weighted by atomic mass is 19.4. The smallest absolute Gasteiger partial charge is 0.388 e. The Hall–Kier alpha value is -2.07. The zero-order chi connectivity index (χ0) is 22.1. The number of nitrogens with zero attached hydrogens (tertiary/aromatic N) is 1. The van der Waals surface area contributed by atoms with Gasteiger partial charge in [0.15, 0.2) is 0 Å². The third-order valence-corrected chi connectivity index (χ3v) is 3.79. The maximum Gasteiger partial charge on any atom is 0.434 e. The van der Waals surface area contributed by atoms with Crippen LogP contribution < -0.4 is 0 Å². The summed E-state index contributed by atoms with van der Waals surface area (Å²) in [5, 5.41) is 18.6. The average molecular weight is 427 g/mol. The van der Waals surface area contributed by atoms with Crippen molar-refractivity contribution in [2.24, 2.45) is 0 Å². The van der Waals surface area contributed by atoms with E-state index in [1.807, 2.05) is 0 Å². The van der Waals surface area contributed by atoms with Gasteiger partial charge in [-0.1, -0.05) is 0 Å². The highest BCUT2D eigenvalue weighted by molar-refractivity contribution is 5.39. The number of rotatable bonds is 5. The van der Waals surface area contributed by atoms with Crippen molar-refractivity contribution in [3.05, 3.63) is 34.9 Å². The topological polar surface area (TPSA) is 53.2 Å². The zero-order valence-electron chi connectivity index (χ0n) is 13.7. The Morgan fingerprint density at radius 3 is 1.82 bits per heavy atom. The molecule has 3 nitrogen and oxygen atoms in total. The highest BCUT2D eigenvalue weighted by Crippen LogP contribution is 2.50. The quantitative estimate of drug-likeness (QED) is 0.684. The molecule has 0 bridgehead atoms. The molecule has 0 aliphatic carbocycles. The van der Waals surface area contributed by atoms with Gasteiger partial charge in [-0.05, 0) is 23.8 Å². The van der Waals surface area contributed by atoms with Crippen LogP contribution in [0.25, 0.3) is 0 Å². The van der Waals surface area contributed by atoms with Gasteiger partial charge in [-0.25, -0.2) is 4.39 Å². The number of ether oxygens (including phenoxy) is 1. The Morgan fingerprint density at radius 2 is 1.46 bits per heavy atom. The van der Waals surface area contributed by atoms with Crippen LogP contribution in [0.5, 0.6) is 0 Å². The van der Waals surface area contributed by atoms with Crippen LogP contribution in [0.4, 0.5) is 43.9 Å². The molecule has 0 aliphatic heterocycles. The summed E-state index contributed by atoms with van der Waals surface area (Å²) in [6, 6.07) is 2.50. The van der Waals surface area contributed by atoms with Crippen LogP contribution in [0.2, 0.25) is 0 Å². The molecule has 1 N–H and O–H groups in total. The van der Waals surface area contributed by atoms with E-state index in [4.69, 9.17) is 5.26 Å². The molecule has 0 heterocycles. The van der Waals surface area contributed by atoms with E-state index in [9.17, 15) is 49.0 Å². The molecule has 2 unspecified atom stereocenters. The predicted molar refractivity (Wildman–Crippen MR) is 72.5 cm³/mol. The van der Waals surface area contributed by atoms with E-state index in [2.05, 4.69) is 4.74 Å². The standard InChI is InChI=1S/C15H11F10NO2/c1-28-11(12(16,14(20,21)22)15(23,24)25)5-10(27)8-2-7(6-26)3-9(4-8)13(17,18)19/h2-4,10-11,27H,5H2,1H3. The Balaban J connectivity index is 3.37. The van der Waals surface area contributed by atoms with E-state index < -0.39 is 59.5 Å². The molecule has 1 aromatic carbocycles. The molecular formula is C15H11F10NO2. The first-order valence-electron chi connectivity index (χ1n) is 7.14. The molecule has 1 aromatic rings. The van der Waals surface area contributed by atoms with E-state index in [1.54, 1.807) is 0 Å². The van der Waals surface area contributed by atoms with Crippen molar-refractivity contribution in [3.8, 4) is 6.07 Å². The van der Waals surface area contributed by atoms with Gasteiger partial charge in [0, 0.05) is 13.5 Å². The molecule has 0 aromatic heterocycles. The Bertz CT molecular complexity index is 718.